The van der Waals surface area contributed by atoms with Crippen LogP contribution in [0.3, 0.4) is 0 Å². The van der Waals surface area contributed by atoms with Crippen molar-refractivity contribution in [3.8, 4) is 0 Å². The summed E-state index contributed by atoms with van der Waals surface area (Å²) in [6.45, 7) is 6.35. The first-order valence-electron chi connectivity index (χ1n) is 6.10. The lowest BCUT2D eigenvalue weighted by atomic mass is 9.85. The highest BCUT2D eigenvalue weighted by Gasteiger charge is 2.23. The molecular weight excluding hydrogens is 220 g/mol. The SMILES string of the molecule is CC1(C)CCCN(CC(=O)NCC(=O)O)CC1. The molecular formula is C12H22N2O3. The van der Waals surface area contributed by atoms with E-state index >= 15 is 0 Å². The lowest BCUT2D eigenvalue weighted by Gasteiger charge is -2.22. The van der Waals surface area contributed by atoms with Gasteiger partial charge < -0.3 is 10.4 Å². The van der Waals surface area contributed by atoms with Gasteiger partial charge in [0.15, 0.2) is 0 Å². The summed E-state index contributed by atoms with van der Waals surface area (Å²) in [7, 11) is 0. The molecule has 98 valence electrons. The van der Waals surface area contributed by atoms with Gasteiger partial charge >= 0.3 is 5.97 Å². The third-order valence-corrected chi connectivity index (χ3v) is 3.24. The van der Waals surface area contributed by atoms with Gasteiger partial charge in [-0.2, -0.15) is 0 Å². The van der Waals surface area contributed by atoms with E-state index in [1.54, 1.807) is 0 Å². The zero-order valence-electron chi connectivity index (χ0n) is 10.7. The van der Waals surface area contributed by atoms with Crippen molar-refractivity contribution in [3.63, 3.8) is 0 Å². The number of amides is 1. The molecule has 1 rings (SSSR count). The highest BCUT2D eigenvalue weighted by molar-refractivity contribution is 5.82. The molecule has 1 heterocycles. The van der Waals surface area contributed by atoms with Crippen molar-refractivity contribution in [1.82, 2.24) is 10.2 Å². The number of carbonyl (C=O) groups is 2. The maximum Gasteiger partial charge on any atom is 0.322 e. The number of hydrogen-bond donors (Lipinski definition) is 2. The topological polar surface area (TPSA) is 69.6 Å². The van der Waals surface area contributed by atoms with Gasteiger partial charge in [-0.05, 0) is 37.8 Å². The van der Waals surface area contributed by atoms with E-state index in [1.165, 1.54) is 6.42 Å². The Kier molecular flexibility index (Phi) is 4.93. The Labute approximate surface area is 102 Å². The van der Waals surface area contributed by atoms with Gasteiger partial charge in [0.2, 0.25) is 5.91 Å². The molecule has 0 aromatic rings. The number of rotatable bonds is 4. The van der Waals surface area contributed by atoms with Crippen LogP contribution in [-0.2, 0) is 9.59 Å². The minimum atomic E-state index is -1.00. The highest BCUT2D eigenvalue weighted by atomic mass is 16.4. The lowest BCUT2D eigenvalue weighted by Crippen LogP contribution is -2.39. The summed E-state index contributed by atoms with van der Waals surface area (Å²) in [6.07, 6.45) is 3.36. The maximum atomic E-state index is 11.5. The minimum absolute atomic E-state index is 0.202. The number of hydrogen-bond acceptors (Lipinski definition) is 3. The van der Waals surface area contributed by atoms with Crippen molar-refractivity contribution < 1.29 is 14.7 Å². The smallest absolute Gasteiger partial charge is 0.322 e. The van der Waals surface area contributed by atoms with Crippen LogP contribution in [0.1, 0.15) is 33.1 Å². The van der Waals surface area contributed by atoms with Gasteiger partial charge in [0, 0.05) is 0 Å². The van der Waals surface area contributed by atoms with Gasteiger partial charge in [-0.25, -0.2) is 0 Å². The molecule has 5 nitrogen and oxygen atoms in total. The molecule has 0 atom stereocenters. The fraction of sp³-hybridized carbons (Fsp3) is 0.833. The molecule has 1 aliphatic heterocycles. The second-order valence-electron chi connectivity index (χ2n) is 5.46. The molecule has 0 unspecified atom stereocenters. The molecule has 0 aromatic carbocycles. The van der Waals surface area contributed by atoms with Gasteiger partial charge in [0.05, 0.1) is 6.54 Å². The molecule has 1 aliphatic rings. The molecule has 2 N–H and O–H groups in total. The van der Waals surface area contributed by atoms with E-state index in [-0.39, 0.29) is 12.5 Å². The van der Waals surface area contributed by atoms with E-state index in [2.05, 4.69) is 24.1 Å². The van der Waals surface area contributed by atoms with Crippen LogP contribution in [0, 0.1) is 5.41 Å². The molecule has 0 radical (unpaired) electrons. The van der Waals surface area contributed by atoms with Gasteiger partial charge in [-0.1, -0.05) is 13.8 Å². The van der Waals surface area contributed by atoms with Crippen LogP contribution in [-0.4, -0.2) is 48.1 Å². The predicted octanol–water partition coefficient (Wildman–Crippen LogP) is 0.699. The van der Waals surface area contributed by atoms with Crippen molar-refractivity contribution in [2.45, 2.75) is 33.1 Å². The number of carboxylic acids is 1. The number of nitrogens with zero attached hydrogens (tertiary/aromatic N) is 1. The van der Waals surface area contributed by atoms with E-state index in [4.69, 9.17) is 5.11 Å². The molecule has 5 heteroatoms. The van der Waals surface area contributed by atoms with Crippen LogP contribution in [0.4, 0.5) is 0 Å². The molecule has 0 bridgehead atoms. The average molecular weight is 242 g/mol. The summed E-state index contributed by atoms with van der Waals surface area (Å²) in [5.74, 6) is -1.21. The van der Waals surface area contributed by atoms with Crippen LogP contribution >= 0.6 is 0 Å². The highest BCUT2D eigenvalue weighted by Crippen LogP contribution is 2.29. The number of likely N-dealkylation sites (tertiary alicyclic amines) is 1. The second kappa shape index (κ2) is 6.00. The van der Waals surface area contributed by atoms with Crippen molar-refractivity contribution in [3.05, 3.63) is 0 Å². The fourth-order valence-electron chi connectivity index (χ4n) is 2.07. The lowest BCUT2D eigenvalue weighted by molar-refractivity contribution is -0.138. The van der Waals surface area contributed by atoms with Gasteiger partial charge in [0.25, 0.3) is 0 Å². The third kappa shape index (κ3) is 5.68. The summed E-state index contributed by atoms with van der Waals surface area (Å²) in [5, 5.41) is 10.8. The van der Waals surface area contributed by atoms with Gasteiger partial charge in [-0.15, -0.1) is 0 Å². The van der Waals surface area contributed by atoms with Gasteiger partial charge in [0.1, 0.15) is 6.54 Å². The standard InChI is InChI=1S/C12H22N2O3/c1-12(2)4-3-6-14(7-5-12)9-10(15)13-8-11(16)17/h3-9H2,1-2H3,(H,13,15)(H,16,17). The predicted molar refractivity (Wildman–Crippen MR) is 64.7 cm³/mol. The van der Waals surface area contributed by atoms with E-state index < -0.39 is 5.97 Å². The molecule has 1 fully saturated rings. The maximum absolute atomic E-state index is 11.5. The first-order chi connectivity index (χ1) is 7.89. The molecule has 1 amide bonds. The number of carbonyl (C=O) groups excluding carboxylic acids is 1. The van der Waals surface area contributed by atoms with Crippen molar-refractivity contribution in [2.75, 3.05) is 26.2 Å². The summed E-state index contributed by atoms with van der Waals surface area (Å²) < 4.78 is 0. The first-order valence-corrected chi connectivity index (χ1v) is 6.10. The number of nitrogens with one attached hydrogen (secondary N) is 1. The average Bonchev–Trinajstić information content (AvgIpc) is 2.37. The molecule has 1 saturated heterocycles. The second-order valence-corrected chi connectivity index (χ2v) is 5.46. The summed E-state index contributed by atoms with van der Waals surface area (Å²) in [5.41, 5.74) is 0.353. The fourth-order valence-corrected chi connectivity index (χ4v) is 2.07. The molecule has 0 spiro atoms. The van der Waals surface area contributed by atoms with E-state index in [0.29, 0.717) is 12.0 Å². The van der Waals surface area contributed by atoms with Crippen LogP contribution in [0.25, 0.3) is 0 Å². The zero-order valence-corrected chi connectivity index (χ0v) is 10.7. The molecule has 0 aromatic heterocycles. The number of aliphatic carboxylic acids is 1. The van der Waals surface area contributed by atoms with Crippen molar-refractivity contribution in [2.24, 2.45) is 5.41 Å². The van der Waals surface area contributed by atoms with Crippen LogP contribution < -0.4 is 5.32 Å². The molecule has 17 heavy (non-hydrogen) atoms. The third-order valence-electron chi connectivity index (χ3n) is 3.24. The Morgan fingerprint density at radius 1 is 1.29 bits per heavy atom. The monoisotopic (exact) mass is 242 g/mol. The Morgan fingerprint density at radius 2 is 2.00 bits per heavy atom. The summed E-state index contributed by atoms with van der Waals surface area (Å²) in [4.78, 5) is 23.9. The van der Waals surface area contributed by atoms with E-state index in [0.717, 1.165) is 25.9 Å². The first kappa shape index (κ1) is 14.0. The largest absolute Gasteiger partial charge is 0.480 e. The minimum Gasteiger partial charge on any atom is -0.480 e. The quantitative estimate of drug-likeness (QED) is 0.761. The van der Waals surface area contributed by atoms with Crippen molar-refractivity contribution >= 4 is 11.9 Å². The molecule has 0 aliphatic carbocycles. The zero-order chi connectivity index (χ0) is 12.9. The summed E-state index contributed by atoms with van der Waals surface area (Å²) >= 11 is 0. The Hall–Kier alpha value is -1.10. The number of carboxylic acid groups (broad SMARTS) is 1. The van der Waals surface area contributed by atoms with E-state index in [9.17, 15) is 9.59 Å². The normalized spacial score (nSPS) is 20.6. The molecule has 0 saturated carbocycles. The van der Waals surface area contributed by atoms with Crippen LogP contribution in [0.15, 0.2) is 0 Å². The Balaban J connectivity index is 2.31. The summed E-state index contributed by atoms with van der Waals surface area (Å²) in [6, 6.07) is 0. The van der Waals surface area contributed by atoms with Crippen molar-refractivity contribution in [1.29, 1.82) is 0 Å². The van der Waals surface area contributed by atoms with E-state index in [1.807, 2.05) is 0 Å². The van der Waals surface area contributed by atoms with Crippen LogP contribution in [0.2, 0.25) is 0 Å². The van der Waals surface area contributed by atoms with Crippen LogP contribution in [0.5, 0.6) is 0 Å². The Morgan fingerprint density at radius 3 is 2.65 bits per heavy atom. The Bertz CT molecular complexity index is 289. The van der Waals surface area contributed by atoms with Gasteiger partial charge in [-0.3, -0.25) is 14.5 Å².